The van der Waals surface area contributed by atoms with E-state index >= 15 is 0 Å². The molecule has 0 aromatic heterocycles. The molecule has 0 saturated heterocycles. The minimum atomic E-state index is -3.64. The Morgan fingerprint density at radius 2 is 2.11 bits per heavy atom. The van der Waals surface area contributed by atoms with Crippen LogP contribution in [0.3, 0.4) is 0 Å². The number of nitrogens with two attached hydrogens (primary N) is 1. The van der Waals surface area contributed by atoms with Gasteiger partial charge >= 0.3 is 0 Å². The van der Waals surface area contributed by atoms with Crippen molar-refractivity contribution in [3.63, 3.8) is 0 Å². The molecule has 1 saturated carbocycles. The van der Waals surface area contributed by atoms with Crippen LogP contribution in [0.5, 0.6) is 0 Å². The number of aliphatic hydroxyl groups is 1. The van der Waals surface area contributed by atoms with Crippen LogP contribution in [0.15, 0.2) is 27.6 Å². The quantitative estimate of drug-likeness (QED) is 0.791. The van der Waals surface area contributed by atoms with Crippen molar-refractivity contribution < 1.29 is 13.5 Å². The van der Waals surface area contributed by atoms with Crippen LogP contribution in [0.4, 0.5) is 5.69 Å². The molecule has 5 nitrogen and oxygen atoms in total. The van der Waals surface area contributed by atoms with Crippen LogP contribution in [0, 0.1) is 0 Å². The Kier molecular flexibility index (Phi) is 4.50. The second kappa shape index (κ2) is 5.78. The van der Waals surface area contributed by atoms with E-state index in [0.717, 1.165) is 23.7 Å². The molecule has 0 aliphatic heterocycles. The highest BCUT2D eigenvalue weighted by molar-refractivity contribution is 9.10. The van der Waals surface area contributed by atoms with Gasteiger partial charge < -0.3 is 10.8 Å². The number of anilines is 1. The van der Waals surface area contributed by atoms with Crippen molar-refractivity contribution in [3.8, 4) is 0 Å². The number of nitrogens with zero attached hydrogens (tertiary/aromatic N) is 1. The number of aliphatic hydroxyl groups excluding tert-OH is 1. The minimum Gasteiger partial charge on any atom is -0.398 e. The van der Waals surface area contributed by atoms with Crippen molar-refractivity contribution in [2.75, 3.05) is 18.9 Å². The number of nitrogen functional groups attached to an aromatic ring is 1. The van der Waals surface area contributed by atoms with E-state index in [9.17, 15) is 8.42 Å². The van der Waals surface area contributed by atoms with Gasteiger partial charge in [0.25, 0.3) is 0 Å². The van der Waals surface area contributed by atoms with Crippen molar-refractivity contribution in [3.05, 3.63) is 22.7 Å². The third kappa shape index (κ3) is 2.94. The largest absolute Gasteiger partial charge is 0.398 e. The zero-order chi connectivity index (χ0) is 14.0. The van der Waals surface area contributed by atoms with E-state index in [-0.39, 0.29) is 29.8 Å². The maximum atomic E-state index is 12.6. The van der Waals surface area contributed by atoms with E-state index in [0.29, 0.717) is 0 Å². The highest BCUT2D eigenvalue weighted by Crippen LogP contribution is 2.32. The molecular formula is C12H17BrN2O3S. The summed E-state index contributed by atoms with van der Waals surface area (Å²) in [5.41, 5.74) is 6.02. The summed E-state index contributed by atoms with van der Waals surface area (Å²) in [6.07, 6.45) is 2.71. The van der Waals surface area contributed by atoms with E-state index in [1.165, 1.54) is 10.4 Å². The fourth-order valence-corrected chi connectivity index (χ4v) is 4.31. The Bertz CT molecular complexity index is 558. The number of benzene rings is 1. The number of hydrogen-bond acceptors (Lipinski definition) is 4. The SMILES string of the molecule is Nc1cc(Br)ccc1S(=O)(=O)N(CCO)C1CCC1. The highest BCUT2D eigenvalue weighted by Gasteiger charge is 2.35. The first-order valence-corrected chi connectivity index (χ1v) is 8.38. The number of halogens is 1. The molecule has 0 amide bonds. The van der Waals surface area contributed by atoms with Gasteiger partial charge in [-0.2, -0.15) is 4.31 Å². The standard InChI is InChI=1S/C12H17BrN2O3S/c13-9-4-5-12(11(14)8-9)19(17,18)15(6-7-16)10-2-1-3-10/h4-5,8,10,16H,1-3,6-7,14H2. The van der Waals surface area contributed by atoms with Crippen LogP contribution in [-0.2, 0) is 10.0 Å². The van der Waals surface area contributed by atoms with Gasteiger partial charge in [-0.25, -0.2) is 8.42 Å². The Balaban J connectivity index is 2.38. The summed E-state index contributed by atoms with van der Waals surface area (Å²) in [5.74, 6) is 0. The van der Waals surface area contributed by atoms with Crippen LogP contribution in [0.1, 0.15) is 19.3 Å². The Labute approximate surface area is 121 Å². The van der Waals surface area contributed by atoms with E-state index in [1.807, 2.05) is 0 Å². The van der Waals surface area contributed by atoms with Crippen LogP contribution in [0.25, 0.3) is 0 Å². The summed E-state index contributed by atoms with van der Waals surface area (Å²) in [6, 6.07) is 4.71. The topological polar surface area (TPSA) is 83.6 Å². The van der Waals surface area contributed by atoms with Crippen LogP contribution >= 0.6 is 15.9 Å². The van der Waals surface area contributed by atoms with Crippen molar-refractivity contribution in [2.45, 2.75) is 30.2 Å². The normalized spacial score (nSPS) is 16.6. The summed E-state index contributed by atoms with van der Waals surface area (Å²) in [7, 11) is -3.64. The molecule has 1 fully saturated rings. The fourth-order valence-electron chi connectivity index (χ4n) is 2.15. The fraction of sp³-hybridized carbons (Fsp3) is 0.500. The first kappa shape index (κ1) is 14.8. The van der Waals surface area contributed by atoms with Crippen molar-refractivity contribution in [1.82, 2.24) is 4.31 Å². The first-order valence-electron chi connectivity index (χ1n) is 6.14. The second-order valence-electron chi connectivity index (χ2n) is 4.61. The maximum absolute atomic E-state index is 12.6. The van der Waals surface area contributed by atoms with Gasteiger partial charge in [0.15, 0.2) is 0 Å². The lowest BCUT2D eigenvalue weighted by Gasteiger charge is -2.36. The number of hydrogen-bond donors (Lipinski definition) is 2. The van der Waals surface area contributed by atoms with Gasteiger partial charge in [0.1, 0.15) is 4.90 Å². The lowest BCUT2D eigenvalue weighted by Crippen LogP contribution is -2.45. The average Bonchev–Trinajstić information content (AvgIpc) is 2.25. The van der Waals surface area contributed by atoms with Gasteiger partial charge in [0, 0.05) is 17.1 Å². The molecule has 7 heteroatoms. The molecule has 0 heterocycles. The maximum Gasteiger partial charge on any atom is 0.245 e. The number of sulfonamides is 1. The van der Waals surface area contributed by atoms with Gasteiger partial charge in [0.05, 0.1) is 12.3 Å². The minimum absolute atomic E-state index is 0.0137. The molecule has 0 spiro atoms. The molecule has 0 radical (unpaired) electrons. The zero-order valence-electron chi connectivity index (χ0n) is 10.4. The van der Waals surface area contributed by atoms with E-state index in [1.54, 1.807) is 12.1 Å². The summed E-state index contributed by atoms with van der Waals surface area (Å²) >= 11 is 3.26. The van der Waals surface area contributed by atoms with Crippen molar-refractivity contribution in [1.29, 1.82) is 0 Å². The second-order valence-corrected chi connectivity index (χ2v) is 7.38. The van der Waals surface area contributed by atoms with Gasteiger partial charge in [0.2, 0.25) is 10.0 Å². The monoisotopic (exact) mass is 348 g/mol. The van der Waals surface area contributed by atoms with E-state index in [2.05, 4.69) is 15.9 Å². The molecule has 1 aliphatic rings. The number of rotatable bonds is 5. The van der Waals surface area contributed by atoms with Gasteiger partial charge in [-0.15, -0.1) is 0 Å². The molecule has 3 N–H and O–H groups in total. The van der Waals surface area contributed by atoms with Crippen LogP contribution < -0.4 is 5.73 Å². The summed E-state index contributed by atoms with van der Waals surface area (Å²) in [4.78, 5) is 0.107. The van der Waals surface area contributed by atoms with Crippen molar-refractivity contribution in [2.24, 2.45) is 0 Å². The molecule has 1 aromatic carbocycles. The smallest absolute Gasteiger partial charge is 0.245 e. The molecule has 1 aliphatic carbocycles. The molecule has 106 valence electrons. The molecule has 1 aromatic rings. The summed E-state index contributed by atoms with van der Waals surface area (Å²) in [5, 5.41) is 9.08. The van der Waals surface area contributed by atoms with Crippen molar-refractivity contribution >= 4 is 31.6 Å². The Morgan fingerprint density at radius 3 is 2.58 bits per heavy atom. The van der Waals surface area contributed by atoms with Gasteiger partial charge in [-0.1, -0.05) is 22.4 Å². The molecular weight excluding hydrogens is 332 g/mol. The lowest BCUT2D eigenvalue weighted by atomic mass is 9.93. The predicted molar refractivity (Wildman–Crippen MR) is 77.2 cm³/mol. The van der Waals surface area contributed by atoms with Crippen LogP contribution in [0.2, 0.25) is 0 Å². The molecule has 19 heavy (non-hydrogen) atoms. The van der Waals surface area contributed by atoms with E-state index in [4.69, 9.17) is 10.8 Å². The van der Waals surface area contributed by atoms with E-state index < -0.39 is 10.0 Å². The third-order valence-electron chi connectivity index (χ3n) is 3.36. The van der Waals surface area contributed by atoms with Gasteiger partial charge in [-0.3, -0.25) is 0 Å². The third-order valence-corrected chi connectivity index (χ3v) is 5.88. The Morgan fingerprint density at radius 1 is 1.42 bits per heavy atom. The molecule has 0 atom stereocenters. The van der Waals surface area contributed by atoms with Crippen LogP contribution in [-0.4, -0.2) is 37.0 Å². The zero-order valence-corrected chi connectivity index (χ0v) is 12.8. The highest BCUT2D eigenvalue weighted by atomic mass is 79.9. The lowest BCUT2D eigenvalue weighted by molar-refractivity contribution is 0.178. The summed E-state index contributed by atoms with van der Waals surface area (Å²) < 4.78 is 27.3. The molecule has 0 bridgehead atoms. The van der Waals surface area contributed by atoms with Gasteiger partial charge in [-0.05, 0) is 31.0 Å². The first-order chi connectivity index (χ1) is 8.96. The average molecular weight is 349 g/mol. The Hall–Kier alpha value is -0.630. The summed E-state index contributed by atoms with van der Waals surface area (Å²) in [6.45, 7) is -0.0747. The molecule has 0 unspecified atom stereocenters. The predicted octanol–water partition coefficient (Wildman–Crippen LogP) is 1.57. The molecule has 2 rings (SSSR count).